The molecule has 2 rings (SSSR count). The van der Waals surface area contributed by atoms with Crippen molar-refractivity contribution >= 4 is 11.9 Å². The van der Waals surface area contributed by atoms with Crippen molar-refractivity contribution in [3.05, 3.63) is 0 Å². The Morgan fingerprint density at radius 2 is 1.84 bits per heavy atom. The van der Waals surface area contributed by atoms with Gasteiger partial charge in [0.25, 0.3) is 0 Å². The Balaban J connectivity index is 1.73. The fourth-order valence-electron chi connectivity index (χ4n) is 2.84. The summed E-state index contributed by atoms with van der Waals surface area (Å²) in [5, 5.41) is 9.92. The number of guanidine groups is 1. The van der Waals surface area contributed by atoms with E-state index in [-0.39, 0.29) is 11.4 Å². The average Bonchev–Trinajstić information content (AvgIpc) is 3.34. The molecule has 25 heavy (non-hydrogen) atoms. The van der Waals surface area contributed by atoms with E-state index in [4.69, 9.17) is 4.99 Å². The number of carbonyl (C=O) groups is 1. The van der Waals surface area contributed by atoms with Crippen LogP contribution in [-0.4, -0.2) is 85.6 Å². The highest BCUT2D eigenvalue weighted by atomic mass is 16.2. The zero-order valence-electron chi connectivity index (χ0n) is 16.4. The molecular formula is C18H36N6O. The van der Waals surface area contributed by atoms with Gasteiger partial charge in [0.15, 0.2) is 5.96 Å². The second-order valence-electron chi connectivity index (χ2n) is 8.02. The lowest BCUT2D eigenvalue weighted by Crippen LogP contribution is -2.54. The Bertz CT molecular complexity index is 447. The predicted octanol–water partition coefficient (Wildman–Crippen LogP) is 0.236. The SMILES string of the molecule is CCNC(=NCCNC(C)(C)C)N1CCN(CC(=O)NC2CC2)CC1. The summed E-state index contributed by atoms with van der Waals surface area (Å²) >= 11 is 0. The van der Waals surface area contributed by atoms with E-state index in [9.17, 15) is 4.79 Å². The summed E-state index contributed by atoms with van der Waals surface area (Å²) in [5.41, 5.74) is 0.126. The van der Waals surface area contributed by atoms with Crippen LogP contribution in [0.4, 0.5) is 0 Å². The first-order valence-corrected chi connectivity index (χ1v) is 9.67. The average molecular weight is 353 g/mol. The van der Waals surface area contributed by atoms with E-state index >= 15 is 0 Å². The molecule has 144 valence electrons. The van der Waals surface area contributed by atoms with Gasteiger partial charge in [-0.25, -0.2) is 0 Å². The summed E-state index contributed by atoms with van der Waals surface area (Å²) in [7, 11) is 0. The first kappa shape index (κ1) is 20.0. The van der Waals surface area contributed by atoms with Crippen LogP contribution >= 0.6 is 0 Å². The first-order chi connectivity index (χ1) is 11.9. The second kappa shape index (κ2) is 9.38. The van der Waals surface area contributed by atoms with Crippen molar-refractivity contribution in [2.45, 2.75) is 52.1 Å². The molecule has 0 bridgehead atoms. The number of aliphatic imine (C=N–C) groups is 1. The molecule has 3 N–H and O–H groups in total. The monoisotopic (exact) mass is 352 g/mol. The van der Waals surface area contributed by atoms with Gasteiger partial charge in [-0.2, -0.15) is 0 Å². The molecule has 0 aromatic carbocycles. The van der Waals surface area contributed by atoms with Gasteiger partial charge in [0, 0.05) is 50.8 Å². The zero-order chi connectivity index (χ0) is 18.3. The highest BCUT2D eigenvalue weighted by molar-refractivity contribution is 5.80. The Labute approximate surface area is 152 Å². The van der Waals surface area contributed by atoms with E-state index in [0.717, 1.165) is 64.6 Å². The quantitative estimate of drug-likeness (QED) is 0.348. The fraction of sp³-hybridized carbons (Fsp3) is 0.889. The Morgan fingerprint density at radius 3 is 2.40 bits per heavy atom. The van der Waals surface area contributed by atoms with Crippen LogP contribution < -0.4 is 16.0 Å². The minimum atomic E-state index is 0.126. The molecule has 1 saturated heterocycles. The molecule has 7 heteroatoms. The Kier molecular flexibility index (Phi) is 7.50. The molecule has 0 radical (unpaired) electrons. The van der Waals surface area contributed by atoms with E-state index in [1.54, 1.807) is 0 Å². The van der Waals surface area contributed by atoms with E-state index < -0.39 is 0 Å². The van der Waals surface area contributed by atoms with Crippen LogP contribution in [0, 0.1) is 0 Å². The maximum atomic E-state index is 11.9. The maximum Gasteiger partial charge on any atom is 0.234 e. The van der Waals surface area contributed by atoms with Gasteiger partial charge < -0.3 is 20.9 Å². The van der Waals surface area contributed by atoms with Gasteiger partial charge in [-0.15, -0.1) is 0 Å². The second-order valence-corrected chi connectivity index (χ2v) is 8.02. The van der Waals surface area contributed by atoms with Gasteiger partial charge in [-0.3, -0.25) is 14.7 Å². The molecule has 2 fully saturated rings. The number of nitrogens with zero attached hydrogens (tertiary/aromatic N) is 3. The van der Waals surface area contributed by atoms with Crippen LogP contribution in [-0.2, 0) is 4.79 Å². The number of rotatable bonds is 7. The van der Waals surface area contributed by atoms with Crippen LogP contribution in [0.3, 0.4) is 0 Å². The Hall–Kier alpha value is -1.34. The number of nitrogens with one attached hydrogen (secondary N) is 3. The molecule has 0 aromatic rings. The fourth-order valence-corrected chi connectivity index (χ4v) is 2.84. The summed E-state index contributed by atoms with van der Waals surface area (Å²) in [6, 6.07) is 0.447. The number of hydrogen-bond acceptors (Lipinski definition) is 4. The van der Waals surface area contributed by atoms with Crippen molar-refractivity contribution < 1.29 is 4.79 Å². The Morgan fingerprint density at radius 1 is 1.16 bits per heavy atom. The van der Waals surface area contributed by atoms with Gasteiger partial charge in [-0.05, 0) is 40.5 Å². The van der Waals surface area contributed by atoms with Crippen LogP contribution in [0.25, 0.3) is 0 Å². The predicted molar refractivity (Wildman–Crippen MR) is 103 cm³/mol. The lowest BCUT2D eigenvalue weighted by molar-refractivity contribution is -0.122. The van der Waals surface area contributed by atoms with Crippen molar-refractivity contribution in [2.24, 2.45) is 4.99 Å². The molecule has 1 aliphatic heterocycles. The standard InChI is InChI=1S/C18H36N6O/c1-5-19-17(20-8-9-21-18(2,3)4)24-12-10-23(11-13-24)14-16(25)22-15-6-7-15/h15,21H,5-14H2,1-4H3,(H,19,20)(H,22,25). The third kappa shape index (κ3) is 8.05. The van der Waals surface area contributed by atoms with E-state index in [2.05, 4.69) is 53.4 Å². The van der Waals surface area contributed by atoms with Crippen LogP contribution in [0.2, 0.25) is 0 Å². The van der Waals surface area contributed by atoms with Crippen molar-refractivity contribution in [3.8, 4) is 0 Å². The van der Waals surface area contributed by atoms with Crippen LogP contribution in [0.15, 0.2) is 4.99 Å². The molecule has 0 unspecified atom stereocenters. The maximum absolute atomic E-state index is 11.9. The summed E-state index contributed by atoms with van der Waals surface area (Å²) in [6.07, 6.45) is 2.29. The molecular weight excluding hydrogens is 316 g/mol. The largest absolute Gasteiger partial charge is 0.357 e. The van der Waals surface area contributed by atoms with Gasteiger partial charge >= 0.3 is 0 Å². The molecule has 0 atom stereocenters. The number of carbonyl (C=O) groups excluding carboxylic acids is 1. The minimum Gasteiger partial charge on any atom is -0.357 e. The molecule has 7 nitrogen and oxygen atoms in total. The first-order valence-electron chi connectivity index (χ1n) is 9.67. The third-order valence-corrected chi connectivity index (χ3v) is 4.35. The molecule has 2 aliphatic rings. The van der Waals surface area contributed by atoms with Gasteiger partial charge in [0.1, 0.15) is 0 Å². The smallest absolute Gasteiger partial charge is 0.234 e. The lowest BCUT2D eigenvalue weighted by atomic mass is 10.1. The van der Waals surface area contributed by atoms with Gasteiger partial charge in [-0.1, -0.05) is 0 Å². The minimum absolute atomic E-state index is 0.126. The number of piperazine rings is 1. The van der Waals surface area contributed by atoms with Gasteiger partial charge in [0.2, 0.25) is 5.91 Å². The third-order valence-electron chi connectivity index (χ3n) is 4.35. The number of amides is 1. The summed E-state index contributed by atoms with van der Waals surface area (Å²) in [5.74, 6) is 1.16. The van der Waals surface area contributed by atoms with E-state index in [1.165, 1.54) is 0 Å². The van der Waals surface area contributed by atoms with E-state index in [0.29, 0.717) is 12.6 Å². The molecule has 1 saturated carbocycles. The number of hydrogen-bond donors (Lipinski definition) is 3. The summed E-state index contributed by atoms with van der Waals surface area (Å²) in [6.45, 7) is 15.3. The van der Waals surface area contributed by atoms with E-state index in [1.807, 2.05) is 0 Å². The van der Waals surface area contributed by atoms with Crippen molar-refractivity contribution in [2.75, 3.05) is 52.4 Å². The van der Waals surface area contributed by atoms with Crippen LogP contribution in [0.1, 0.15) is 40.5 Å². The molecule has 1 amide bonds. The molecule has 0 aromatic heterocycles. The molecule has 0 spiro atoms. The normalized spacial score (nSPS) is 19.8. The van der Waals surface area contributed by atoms with Crippen molar-refractivity contribution in [1.29, 1.82) is 0 Å². The topological polar surface area (TPSA) is 72.0 Å². The van der Waals surface area contributed by atoms with Gasteiger partial charge in [0.05, 0.1) is 13.1 Å². The highest BCUT2D eigenvalue weighted by Crippen LogP contribution is 2.18. The van der Waals surface area contributed by atoms with Crippen LogP contribution in [0.5, 0.6) is 0 Å². The molecule has 1 heterocycles. The summed E-state index contributed by atoms with van der Waals surface area (Å²) in [4.78, 5) is 21.2. The lowest BCUT2D eigenvalue weighted by Gasteiger charge is -2.36. The zero-order valence-corrected chi connectivity index (χ0v) is 16.4. The molecule has 1 aliphatic carbocycles. The summed E-state index contributed by atoms with van der Waals surface area (Å²) < 4.78 is 0. The van der Waals surface area contributed by atoms with Crippen molar-refractivity contribution in [3.63, 3.8) is 0 Å². The van der Waals surface area contributed by atoms with Crippen molar-refractivity contribution in [1.82, 2.24) is 25.8 Å². The highest BCUT2D eigenvalue weighted by Gasteiger charge is 2.25.